The van der Waals surface area contributed by atoms with Gasteiger partial charge in [-0.15, -0.1) is 0 Å². The number of aliphatic hydroxyl groups is 1. The minimum Gasteiger partial charge on any atom is -0.507 e. The second-order valence-electron chi connectivity index (χ2n) is 4.08. The zero-order valence-electron chi connectivity index (χ0n) is 8.85. The lowest BCUT2D eigenvalue weighted by atomic mass is 9.91. The summed E-state index contributed by atoms with van der Waals surface area (Å²) in [4.78, 5) is 0. The number of phenols is 1. The molecule has 0 saturated carbocycles. The maximum absolute atomic E-state index is 9.92. The summed E-state index contributed by atoms with van der Waals surface area (Å²) in [6, 6.07) is 1.85. The van der Waals surface area contributed by atoms with Crippen LogP contribution in [0.25, 0.3) is 0 Å². The highest BCUT2D eigenvalue weighted by Gasteiger charge is 2.24. The Hall–Kier alpha value is -0.540. The third kappa shape index (κ3) is 1.93. The summed E-state index contributed by atoms with van der Waals surface area (Å²) in [6.45, 7) is 7.02. The van der Waals surface area contributed by atoms with E-state index in [1.807, 2.05) is 19.9 Å². The molecular weight excluding hydrogens is 244 g/mol. The second-order valence-corrected chi connectivity index (χ2v) is 4.94. The molecule has 0 fully saturated rings. The van der Waals surface area contributed by atoms with Crippen molar-refractivity contribution in [2.24, 2.45) is 0 Å². The van der Waals surface area contributed by atoms with E-state index in [-0.39, 0.29) is 5.75 Å². The quantitative estimate of drug-likeness (QED) is 0.813. The summed E-state index contributed by atoms with van der Waals surface area (Å²) < 4.78 is 0.907. The average molecular weight is 259 g/mol. The minimum absolute atomic E-state index is 0.179. The predicted octanol–water partition coefficient (Wildman–Crippen LogP) is 3.00. The normalized spacial score (nSPS) is 11.9. The number of benzene rings is 1. The summed E-state index contributed by atoms with van der Waals surface area (Å²) in [5.41, 5.74) is 1.20. The van der Waals surface area contributed by atoms with E-state index in [0.29, 0.717) is 5.56 Å². The molecule has 1 aromatic rings. The molecule has 3 heteroatoms. The van der Waals surface area contributed by atoms with E-state index >= 15 is 0 Å². The lowest BCUT2D eigenvalue weighted by Gasteiger charge is -2.23. The summed E-state index contributed by atoms with van der Waals surface area (Å²) in [5.74, 6) is 0.179. The zero-order chi connectivity index (χ0) is 11.1. The molecule has 14 heavy (non-hydrogen) atoms. The molecule has 0 aromatic heterocycles. The Balaban J connectivity index is 3.56. The second kappa shape index (κ2) is 3.55. The van der Waals surface area contributed by atoms with Crippen LogP contribution in [-0.4, -0.2) is 10.2 Å². The van der Waals surface area contributed by atoms with Crippen LogP contribution in [-0.2, 0) is 5.60 Å². The maximum atomic E-state index is 9.92. The first kappa shape index (κ1) is 11.5. The van der Waals surface area contributed by atoms with E-state index < -0.39 is 5.60 Å². The fourth-order valence-electron chi connectivity index (χ4n) is 1.61. The summed E-state index contributed by atoms with van der Waals surface area (Å²) in [5, 5.41) is 19.8. The summed E-state index contributed by atoms with van der Waals surface area (Å²) in [6.07, 6.45) is 0. The fourth-order valence-corrected chi connectivity index (χ4v) is 2.15. The van der Waals surface area contributed by atoms with Gasteiger partial charge in [-0.1, -0.05) is 15.9 Å². The Morgan fingerprint density at radius 3 is 2.21 bits per heavy atom. The standard InChI is InChI=1S/C11H15BrO2/c1-6-5-8(12)7(2)9(10(6)13)11(3,4)14/h5,13-14H,1-4H3. The molecule has 0 saturated heterocycles. The number of aryl methyl sites for hydroxylation is 1. The zero-order valence-corrected chi connectivity index (χ0v) is 10.4. The SMILES string of the molecule is Cc1cc(Br)c(C)c(C(C)(C)O)c1O. The van der Waals surface area contributed by atoms with Crippen LogP contribution >= 0.6 is 15.9 Å². The number of rotatable bonds is 1. The minimum atomic E-state index is -1.03. The van der Waals surface area contributed by atoms with Crippen molar-refractivity contribution >= 4 is 15.9 Å². The van der Waals surface area contributed by atoms with Crippen molar-refractivity contribution in [2.45, 2.75) is 33.3 Å². The fraction of sp³-hybridized carbons (Fsp3) is 0.455. The number of hydrogen-bond donors (Lipinski definition) is 2. The van der Waals surface area contributed by atoms with Crippen LogP contribution in [0.1, 0.15) is 30.5 Å². The van der Waals surface area contributed by atoms with Crippen LogP contribution in [0.4, 0.5) is 0 Å². The first-order chi connectivity index (χ1) is 6.25. The molecule has 0 unspecified atom stereocenters. The first-order valence-corrected chi connectivity index (χ1v) is 5.26. The van der Waals surface area contributed by atoms with Crippen molar-refractivity contribution in [2.75, 3.05) is 0 Å². The maximum Gasteiger partial charge on any atom is 0.124 e. The van der Waals surface area contributed by atoms with Gasteiger partial charge in [0, 0.05) is 10.0 Å². The molecule has 1 rings (SSSR count). The monoisotopic (exact) mass is 258 g/mol. The van der Waals surface area contributed by atoms with Crippen molar-refractivity contribution in [3.05, 3.63) is 27.2 Å². The Bertz CT molecular complexity index is 338. The molecule has 2 nitrogen and oxygen atoms in total. The topological polar surface area (TPSA) is 40.5 Å². The lowest BCUT2D eigenvalue weighted by Crippen LogP contribution is -2.18. The molecule has 1 aromatic carbocycles. The van der Waals surface area contributed by atoms with E-state index in [4.69, 9.17) is 0 Å². The molecule has 0 bridgehead atoms. The van der Waals surface area contributed by atoms with Gasteiger partial charge in [0.25, 0.3) is 0 Å². The molecule has 0 aliphatic heterocycles. The average Bonchev–Trinajstić information content (AvgIpc) is 1.98. The van der Waals surface area contributed by atoms with Crippen LogP contribution < -0.4 is 0 Å². The van der Waals surface area contributed by atoms with Gasteiger partial charge < -0.3 is 10.2 Å². The Morgan fingerprint density at radius 1 is 1.29 bits per heavy atom. The van der Waals surface area contributed by atoms with E-state index in [2.05, 4.69) is 15.9 Å². The van der Waals surface area contributed by atoms with E-state index in [9.17, 15) is 10.2 Å². The molecule has 0 spiro atoms. The van der Waals surface area contributed by atoms with Crippen LogP contribution in [0.3, 0.4) is 0 Å². The molecular formula is C11H15BrO2. The number of aromatic hydroxyl groups is 1. The summed E-state index contributed by atoms with van der Waals surface area (Å²) >= 11 is 3.40. The number of phenolic OH excluding ortho intramolecular Hbond substituents is 1. The van der Waals surface area contributed by atoms with E-state index in [0.717, 1.165) is 15.6 Å². The molecule has 2 N–H and O–H groups in total. The van der Waals surface area contributed by atoms with Crippen molar-refractivity contribution in [1.82, 2.24) is 0 Å². The van der Waals surface area contributed by atoms with Gasteiger partial charge in [0.05, 0.1) is 5.60 Å². The van der Waals surface area contributed by atoms with Gasteiger partial charge in [-0.05, 0) is 44.9 Å². The van der Waals surface area contributed by atoms with E-state index in [1.165, 1.54) is 0 Å². The molecule has 0 aliphatic rings. The van der Waals surface area contributed by atoms with Gasteiger partial charge in [0.1, 0.15) is 5.75 Å². The third-order valence-electron chi connectivity index (χ3n) is 2.30. The van der Waals surface area contributed by atoms with Crippen LogP contribution in [0.5, 0.6) is 5.75 Å². The Kier molecular flexibility index (Phi) is 2.93. The Morgan fingerprint density at radius 2 is 1.79 bits per heavy atom. The van der Waals surface area contributed by atoms with Gasteiger partial charge in [-0.25, -0.2) is 0 Å². The van der Waals surface area contributed by atoms with Gasteiger partial charge in [-0.2, -0.15) is 0 Å². The lowest BCUT2D eigenvalue weighted by molar-refractivity contribution is 0.0749. The van der Waals surface area contributed by atoms with Gasteiger partial charge in [0.15, 0.2) is 0 Å². The van der Waals surface area contributed by atoms with Gasteiger partial charge in [-0.3, -0.25) is 0 Å². The van der Waals surface area contributed by atoms with Crippen LogP contribution in [0.15, 0.2) is 10.5 Å². The highest BCUT2D eigenvalue weighted by molar-refractivity contribution is 9.10. The van der Waals surface area contributed by atoms with E-state index in [1.54, 1.807) is 13.8 Å². The van der Waals surface area contributed by atoms with Crippen molar-refractivity contribution in [3.8, 4) is 5.75 Å². The van der Waals surface area contributed by atoms with Crippen molar-refractivity contribution < 1.29 is 10.2 Å². The highest BCUT2D eigenvalue weighted by Crippen LogP contribution is 2.37. The molecule has 0 amide bonds. The Labute approximate surface area is 92.7 Å². The molecule has 0 aliphatic carbocycles. The highest BCUT2D eigenvalue weighted by atomic mass is 79.9. The molecule has 78 valence electrons. The predicted molar refractivity (Wildman–Crippen MR) is 60.5 cm³/mol. The first-order valence-electron chi connectivity index (χ1n) is 4.46. The number of halogens is 1. The van der Waals surface area contributed by atoms with Crippen LogP contribution in [0.2, 0.25) is 0 Å². The van der Waals surface area contributed by atoms with Crippen molar-refractivity contribution in [3.63, 3.8) is 0 Å². The largest absolute Gasteiger partial charge is 0.507 e. The third-order valence-corrected chi connectivity index (χ3v) is 3.12. The summed E-state index contributed by atoms with van der Waals surface area (Å²) in [7, 11) is 0. The number of hydrogen-bond acceptors (Lipinski definition) is 2. The molecule has 0 heterocycles. The smallest absolute Gasteiger partial charge is 0.124 e. The van der Waals surface area contributed by atoms with Crippen LogP contribution in [0, 0.1) is 13.8 Å². The molecule has 0 radical (unpaired) electrons. The van der Waals surface area contributed by atoms with Gasteiger partial charge >= 0.3 is 0 Å². The van der Waals surface area contributed by atoms with Gasteiger partial charge in [0.2, 0.25) is 0 Å². The molecule has 0 atom stereocenters. The van der Waals surface area contributed by atoms with Crippen molar-refractivity contribution in [1.29, 1.82) is 0 Å².